The molecule has 0 saturated carbocycles. The number of aliphatic imine (C=N–C) groups is 1. The molecule has 7 nitrogen and oxygen atoms in total. The molecular weight excluding hydrogens is 328 g/mol. The molecule has 0 unspecified atom stereocenters. The van der Waals surface area contributed by atoms with Crippen LogP contribution in [0.1, 0.15) is 19.4 Å². The van der Waals surface area contributed by atoms with Crippen molar-refractivity contribution in [3.8, 4) is 5.75 Å². The van der Waals surface area contributed by atoms with Crippen LogP contribution in [-0.4, -0.2) is 58.8 Å². The van der Waals surface area contributed by atoms with Crippen molar-refractivity contribution in [2.24, 2.45) is 4.99 Å². The minimum Gasteiger partial charge on any atom is -0.494 e. The zero-order chi connectivity index (χ0) is 18.0. The number of hydrogen-bond donors (Lipinski definition) is 2. The summed E-state index contributed by atoms with van der Waals surface area (Å²) in [6.07, 6.45) is 1.14. The van der Waals surface area contributed by atoms with Crippen LogP contribution in [0.3, 0.4) is 0 Å². The van der Waals surface area contributed by atoms with E-state index in [2.05, 4.69) is 15.0 Å². The third kappa shape index (κ3) is 8.16. The Hall–Kier alpha value is -1.80. The van der Waals surface area contributed by atoms with E-state index in [1.807, 2.05) is 50.1 Å². The number of sulfonamides is 1. The van der Waals surface area contributed by atoms with E-state index >= 15 is 0 Å². The van der Waals surface area contributed by atoms with E-state index in [0.29, 0.717) is 19.7 Å². The van der Waals surface area contributed by atoms with Crippen molar-refractivity contribution in [1.29, 1.82) is 0 Å². The monoisotopic (exact) mass is 356 g/mol. The Morgan fingerprint density at radius 2 is 1.92 bits per heavy atom. The van der Waals surface area contributed by atoms with Gasteiger partial charge in [-0.3, -0.25) is 4.99 Å². The quantitative estimate of drug-likeness (QED) is 0.392. The van der Waals surface area contributed by atoms with Gasteiger partial charge in [0.25, 0.3) is 0 Å². The molecule has 0 saturated heterocycles. The zero-order valence-corrected chi connectivity index (χ0v) is 15.7. The van der Waals surface area contributed by atoms with Crippen molar-refractivity contribution in [3.63, 3.8) is 0 Å². The van der Waals surface area contributed by atoms with Crippen molar-refractivity contribution >= 4 is 16.0 Å². The number of rotatable bonds is 9. The van der Waals surface area contributed by atoms with Crippen LogP contribution >= 0.6 is 0 Å². The summed E-state index contributed by atoms with van der Waals surface area (Å²) in [6.45, 7) is 6.70. The van der Waals surface area contributed by atoms with Gasteiger partial charge in [0.2, 0.25) is 10.0 Å². The summed E-state index contributed by atoms with van der Waals surface area (Å²) in [5, 5.41) is 3.21. The maximum absolute atomic E-state index is 11.1. The lowest BCUT2D eigenvalue weighted by molar-refractivity contribution is 0.340. The second kappa shape index (κ2) is 10.1. The minimum atomic E-state index is -3.18. The lowest BCUT2D eigenvalue weighted by Crippen LogP contribution is -2.39. The van der Waals surface area contributed by atoms with E-state index in [1.54, 1.807) is 0 Å². The molecule has 8 heteroatoms. The van der Waals surface area contributed by atoms with Gasteiger partial charge in [-0.25, -0.2) is 13.1 Å². The highest BCUT2D eigenvalue weighted by Crippen LogP contribution is 2.13. The van der Waals surface area contributed by atoms with Gasteiger partial charge in [-0.2, -0.15) is 0 Å². The van der Waals surface area contributed by atoms with Gasteiger partial charge < -0.3 is 15.0 Å². The Kier molecular flexibility index (Phi) is 8.56. The fraction of sp³-hybridized carbons (Fsp3) is 0.562. The molecule has 0 bridgehead atoms. The van der Waals surface area contributed by atoms with Gasteiger partial charge in [0.1, 0.15) is 5.75 Å². The predicted molar refractivity (Wildman–Crippen MR) is 97.9 cm³/mol. The lowest BCUT2D eigenvalue weighted by atomic mass is 10.2. The average molecular weight is 356 g/mol. The molecule has 0 amide bonds. The van der Waals surface area contributed by atoms with Gasteiger partial charge in [0.15, 0.2) is 5.96 Å². The van der Waals surface area contributed by atoms with Crippen molar-refractivity contribution in [2.75, 3.05) is 39.5 Å². The normalized spacial score (nSPS) is 12.1. The van der Waals surface area contributed by atoms with Gasteiger partial charge >= 0.3 is 0 Å². The molecule has 0 spiro atoms. The second-order valence-electron chi connectivity index (χ2n) is 5.34. The van der Waals surface area contributed by atoms with Crippen LogP contribution in [0.5, 0.6) is 5.75 Å². The van der Waals surface area contributed by atoms with Crippen LogP contribution in [0.2, 0.25) is 0 Å². The predicted octanol–water partition coefficient (Wildman–Crippen LogP) is 1.03. The molecule has 1 aromatic rings. The molecule has 2 N–H and O–H groups in total. The van der Waals surface area contributed by atoms with Gasteiger partial charge in [-0.1, -0.05) is 12.1 Å². The van der Waals surface area contributed by atoms with E-state index in [1.165, 1.54) is 0 Å². The number of benzene rings is 1. The SMILES string of the molecule is CCNC(=NCCNS(C)(=O)=O)N(C)Cc1ccc(OCC)cc1. The molecular formula is C16H28N4O3S. The number of ether oxygens (including phenoxy) is 1. The summed E-state index contributed by atoms with van der Waals surface area (Å²) in [5.41, 5.74) is 1.14. The Bertz CT molecular complexity index is 615. The first-order valence-corrected chi connectivity index (χ1v) is 9.90. The Balaban J connectivity index is 2.62. The fourth-order valence-corrected chi connectivity index (χ4v) is 2.53. The molecule has 0 aliphatic heterocycles. The molecule has 1 rings (SSSR count). The van der Waals surface area contributed by atoms with Crippen molar-refractivity contribution < 1.29 is 13.2 Å². The summed E-state index contributed by atoms with van der Waals surface area (Å²) in [7, 11) is -1.23. The number of nitrogens with one attached hydrogen (secondary N) is 2. The van der Waals surface area contributed by atoms with Crippen LogP contribution < -0.4 is 14.8 Å². The van der Waals surface area contributed by atoms with Crippen LogP contribution in [-0.2, 0) is 16.6 Å². The number of nitrogens with zero attached hydrogens (tertiary/aromatic N) is 2. The smallest absolute Gasteiger partial charge is 0.208 e. The summed E-state index contributed by atoms with van der Waals surface area (Å²) in [5.74, 6) is 1.60. The van der Waals surface area contributed by atoms with Gasteiger partial charge in [0.05, 0.1) is 19.4 Å². The van der Waals surface area contributed by atoms with Gasteiger partial charge in [-0.15, -0.1) is 0 Å². The standard InChI is InChI=1S/C16H28N4O3S/c1-5-17-16(18-11-12-19-24(4,21)22)20(3)13-14-7-9-15(10-8-14)23-6-2/h7-10,19H,5-6,11-13H2,1-4H3,(H,17,18). The van der Waals surface area contributed by atoms with E-state index < -0.39 is 10.0 Å². The summed E-state index contributed by atoms with van der Waals surface area (Å²) < 4.78 is 30.0. The van der Waals surface area contributed by atoms with Crippen LogP contribution in [0.4, 0.5) is 0 Å². The van der Waals surface area contributed by atoms with Crippen LogP contribution in [0.25, 0.3) is 0 Å². The van der Waals surface area contributed by atoms with Gasteiger partial charge in [0, 0.05) is 26.7 Å². The van der Waals surface area contributed by atoms with Gasteiger partial charge in [-0.05, 0) is 31.5 Å². The Morgan fingerprint density at radius 1 is 1.25 bits per heavy atom. The highest BCUT2D eigenvalue weighted by atomic mass is 32.2. The molecule has 0 aromatic heterocycles. The van der Waals surface area contributed by atoms with Crippen molar-refractivity contribution in [2.45, 2.75) is 20.4 Å². The molecule has 0 radical (unpaired) electrons. The fourth-order valence-electron chi connectivity index (χ4n) is 2.07. The van der Waals surface area contributed by atoms with E-state index in [-0.39, 0.29) is 6.54 Å². The summed E-state index contributed by atoms with van der Waals surface area (Å²) in [6, 6.07) is 7.95. The third-order valence-electron chi connectivity index (χ3n) is 3.09. The molecule has 1 aromatic carbocycles. The molecule has 136 valence electrons. The van der Waals surface area contributed by atoms with Crippen LogP contribution in [0, 0.1) is 0 Å². The Labute approximate surface area is 145 Å². The molecule has 0 aliphatic rings. The largest absolute Gasteiger partial charge is 0.494 e. The lowest BCUT2D eigenvalue weighted by Gasteiger charge is -2.22. The molecule has 24 heavy (non-hydrogen) atoms. The number of hydrogen-bond acceptors (Lipinski definition) is 4. The Morgan fingerprint density at radius 3 is 2.46 bits per heavy atom. The van der Waals surface area contributed by atoms with Crippen LogP contribution in [0.15, 0.2) is 29.3 Å². The maximum Gasteiger partial charge on any atom is 0.208 e. The van der Waals surface area contributed by atoms with E-state index in [9.17, 15) is 8.42 Å². The molecule has 0 fully saturated rings. The minimum absolute atomic E-state index is 0.282. The first-order valence-electron chi connectivity index (χ1n) is 8.01. The molecule has 0 atom stereocenters. The van der Waals surface area contributed by atoms with Crippen molar-refractivity contribution in [1.82, 2.24) is 14.9 Å². The zero-order valence-electron chi connectivity index (χ0n) is 14.9. The first-order chi connectivity index (χ1) is 11.4. The van der Waals surface area contributed by atoms with E-state index in [0.717, 1.165) is 30.1 Å². The summed E-state index contributed by atoms with van der Waals surface area (Å²) >= 11 is 0. The highest BCUT2D eigenvalue weighted by Gasteiger charge is 2.07. The molecule has 0 heterocycles. The third-order valence-corrected chi connectivity index (χ3v) is 3.82. The van der Waals surface area contributed by atoms with E-state index in [4.69, 9.17) is 4.74 Å². The highest BCUT2D eigenvalue weighted by molar-refractivity contribution is 7.88. The first kappa shape index (κ1) is 20.2. The summed E-state index contributed by atoms with van der Waals surface area (Å²) in [4.78, 5) is 6.44. The van der Waals surface area contributed by atoms with Crippen molar-refractivity contribution in [3.05, 3.63) is 29.8 Å². The second-order valence-corrected chi connectivity index (χ2v) is 7.17. The molecule has 0 aliphatic carbocycles. The topological polar surface area (TPSA) is 83.0 Å². The number of guanidine groups is 1. The maximum atomic E-state index is 11.1. The average Bonchev–Trinajstić information content (AvgIpc) is 2.51.